The maximum Gasteiger partial charge on any atom is 0.227 e. The maximum atomic E-state index is 13.3. The number of likely N-dealkylation sites (tertiary alicyclic amines) is 1. The molecule has 1 fully saturated rings. The van der Waals surface area contributed by atoms with Gasteiger partial charge < -0.3 is 29.6 Å². The van der Waals surface area contributed by atoms with E-state index in [2.05, 4.69) is 4.90 Å². The molecule has 2 N–H and O–H groups in total. The van der Waals surface area contributed by atoms with Gasteiger partial charge in [0.25, 0.3) is 0 Å². The van der Waals surface area contributed by atoms with Gasteiger partial charge in [0.1, 0.15) is 0 Å². The summed E-state index contributed by atoms with van der Waals surface area (Å²) in [5.74, 6) is -0.00819. The van der Waals surface area contributed by atoms with Gasteiger partial charge >= 0.3 is 0 Å². The summed E-state index contributed by atoms with van der Waals surface area (Å²) in [4.78, 5) is 17.4. The number of anilines is 1. The molecule has 1 aliphatic heterocycles. The first-order chi connectivity index (χ1) is 18.4. The van der Waals surface area contributed by atoms with Crippen LogP contribution in [0.15, 0.2) is 42.5 Å². The monoisotopic (exact) mass is 567 g/mol. The first-order valence-corrected chi connectivity index (χ1v) is 13.7. The highest BCUT2D eigenvalue weighted by molar-refractivity contribution is 6.42. The number of hydrogen-bond donors (Lipinski definition) is 1. The van der Waals surface area contributed by atoms with Crippen LogP contribution < -0.4 is 5.73 Å². The van der Waals surface area contributed by atoms with Crippen molar-refractivity contribution in [1.82, 2.24) is 9.80 Å². The summed E-state index contributed by atoms with van der Waals surface area (Å²) in [6.45, 7) is 5.68. The molecule has 210 valence electrons. The summed E-state index contributed by atoms with van der Waals surface area (Å²) >= 11 is 12.2. The van der Waals surface area contributed by atoms with Crippen molar-refractivity contribution in [2.45, 2.75) is 25.0 Å². The van der Waals surface area contributed by atoms with Crippen LogP contribution in [0.1, 0.15) is 23.6 Å². The number of rotatable bonds is 16. The third-order valence-corrected chi connectivity index (χ3v) is 7.28. The standard InChI is InChI=1S/C28H39Cl2N3O5/c1-32(28(34)17-21-6-7-25(29)26(30)16-21)27(22-4-3-5-23(31)18-22)20-33-9-8-24(19-33)38-15-14-37-13-12-36-11-10-35-2/h3-7,16,18,24,27H,8-15,17,19-20,31H2,1-2H3. The molecule has 38 heavy (non-hydrogen) atoms. The van der Waals surface area contributed by atoms with Crippen molar-refractivity contribution in [3.63, 3.8) is 0 Å². The molecule has 0 radical (unpaired) electrons. The maximum absolute atomic E-state index is 13.3. The Bertz CT molecular complexity index is 1010. The quantitative estimate of drug-likeness (QED) is 0.241. The van der Waals surface area contributed by atoms with E-state index in [0.29, 0.717) is 61.9 Å². The Hall–Kier alpha value is -1.91. The number of benzene rings is 2. The molecule has 2 aromatic carbocycles. The van der Waals surface area contributed by atoms with Gasteiger partial charge in [-0.05, 0) is 41.8 Å². The van der Waals surface area contributed by atoms with Crippen LogP contribution in [0.3, 0.4) is 0 Å². The van der Waals surface area contributed by atoms with Crippen LogP contribution in [0.25, 0.3) is 0 Å². The molecule has 2 unspecified atom stereocenters. The van der Waals surface area contributed by atoms with Crippen molar-refractivity contribution in [2.24, 2.45) is 0 Å². The van der Waals surface area contributed by atoms with Crippen molar-refractivity contribution in [1.29, 1.82) is 0 Å². The fourth-order valence-electron chi connectivity index (χ4n) is 4.42. The predicted molar refractivity (Wildman–Crippen MR) is 151 cm³/mol. The number of ether oxygens (including phenoxy) is 4. The molecule has 0 spiro atoms. The van der Waals surface area contributed by atoms with E-state index in [0.717, 1.165) is 30.6 Å². The van der Waals surface area contributed by atoms with Gasteiger partial charge in [-0.1, -0.05) is 41.4 Å². The van der Waals surface area contributed by atoms with Gasteiger partial charge in [0, 0.05) is 39.5 Å². The summed E-state index contributed by atoms with van der Waals surface area (Å²) in [6, 6.07) is 12.9. The summed E-state index contributed by atoms with van der Waals surface area (Å²) in [5, 5.41) is 0.911. The molecule has 1 amide bonds. The highest BCUT2D eigenvalue weighted by Gasteiger charge is 2.29. The zero-order valence-corrected chi connectivity index (χ0v) is 23.8. The van der Waals surface area contributed by atoms with E-state index in [-0.39, 0.29) is 24.5 Å². The number of amides is 1. The van der Waals surface area contributed by atoms with Gasteiger partial charge in [-0.3, -0.25) is 9.69 Å². The van der Waals surface area contributed by atoms with Gasteiger partial charge in [-0.2, -0.15) is 0 Å². The Balaban J connectivity index is 1.51. The lowest BCUT2D eigenvalue weighted by Crippen LogP contribution is -2.39. The number of nitrogens with two attached hydrogens (primary N) is 1. The predicted octanol–water partition coefficient (Wildman–Crippen LogP) is 4.09. The van der Waals surface area contributed by atoms with Crippen LogP contribution in [0.4, 0.5) is 5.69 Å². The molecule has 0 aliphatic carbocycles. The fourth-order valence-corrected chi connectivity index (χ4v) is 4.74. The molecule has 0 saturated carbocycles. The van der Waals surface area contributed by atoms with E-state index in [1.807, 2.05) is 37.4 Å². The van der Waals surface area contributed by atoms with Gasteiger partial charge in [0.15, 0.2) is 0 Å². The number of carbonyl (C=O) groups is 1. The Morgan fingerprint density at radius 3 is 2.50 bits per heavy atom. The van der Waals surface area contributed by atoms with E-state index in [4.69, 9.17) is 47.9 Å². The summed E-state index contributed by atoms with van der Waals surface area (Å²) < 4.78 is 21.9. The van der Waals surface area contributed by atoms with Crippen molar-refractivity contribution in [3.8, 4) is 0 Å². The highest BCUT2D eigenvalue weighted by Crippen LogP contribution is 2.27. The number of methoxy groups -OCH3 is 1. The number of nitrogen functional groups attached to an aromatic ring is 1. The van der Waals surface area contributed by atoms with Crippen LogP contribution in [-0.2, 0) is 30.2 Å². The number of nitrogens with zero attached hydrogens (tertiary/aromatic N) is 2. The number of hydrogen-bond acceptors (Lipinski definition) is 7. The van der Waals surface area contributed by atoms with Crippen molar-refractivity contribution >= 4 is 34.8 Å². The van der Waals surface area contributed by atoms with Gasteiger partial charge in [0.2, 0.25) is 5.91 Å². The lowest BCUT2D eigenvalue weighted by atomic mass is 10.0. The number of carbonyl (C=O) groups excluding carboxylic acids is 1. The van der Waals surface area contributed by atoms with E-state index in [9.17, 15) is 4.79 Å². The smallest absolute Gasteiger partial charge is 0.227 e. The Kier molecular flexibility index (Phi) is 13.1. The first kappa shape index (κ1) is 30.6. The zero-order valence-electron chi connectivity index (χ0n) is 22.2. The molecule has 2 atom stereocenters. The molecule has 0 aromatic heterocycles. The summed E-state index contributed by atoms with van der Waals surface area (Å²) in [7, 11) is 3.49. The summed E-state index contributed by atoms with van der Waals surface area (Å²) in [5.41, 5.74) is 8.58. The molecular formula is C28H39Cl2N3O5. The molecule has 1 saturated heterocycles. The fraction of sp³-hybridized carbons (Fsp3) is 0.536. The first-order valence-electron chi connectivity index (χ1n) is 12.9. The van der Waals surface area contributed by atoms with Gasteiger partial charge in [-0.25, -0.2) is 0 Å². The molecule has 3 rings (SSSR count). The van der Waals surface area contributed by atoms with E-state index >= 15 is 0 Å². The topological polar surface area (TPSA) is 86.5 Å². The number of halogens is 2. The third-order valence-electron chi connectivity index (χ3n) is 6.54. The Morgan fingerprint density at radius 2 is 1.79 bits per heavy atom. The minimum atomic E-state index is -0.158. The second-order valence-electron chi connectivity index (χ2n) is 9.37. The number of likely N-dealkylation sites (N-methyl/N-ethyl adjacent to an activating group) is 1. The van der Waals surface area contributed by atoms with Crippen molar-refractivity contribution in [3.05, 3.63) is 63.6 Å². The van der Waals surface area contributed by atoms with E-state index < -0.39 is 0 Å². The van der Waals surface area contributed by atoms with Crippen LogP contribution in [0.2, 0.25) is 10.0 Å². The average Bonchev–Trinajstić information content (AvgIpc) is 3.35. The van der Waals surface area contributed by atoms with Crippen LogP contribution in [0, 0.1) is 0 Å². The van der Waals surface area contributed by atoms with Gasteiger partial charge in [0.05, 0.1) is 68.3 Å². The highest BCUT2D eigenvalue weighted by atomic mass is 35.5. The van der Waals surface area contributed by atoms with Gasteiger partial charge in [-0.15, -0.1) is 0 Å². The lowest BCUT2D eigenvalue weighted by molar-refractivity contribution is -0.131. The van der Waals surface area contributed by atoms with Crippen LogP contribution in [-0.4, -0.2) is 95.2 Å². The summed E-state index contributed by atoms with van der Waals surface area (Å²) in [6.07, 6.45) is 1.30. The molecular weight excluding hydrogens is 529 g/mol. The molecule has 2 aromatic rings. The van der Waals surface area contributed by atoms with E-state index in [1.165, 1.54) is 0 Å². The molecule has 8 nitrogen and oxygen atoms in total. The van der Waals surface area contributed by atoms with Crippen LogP contribution in [0.5, 0.6) is 0 Å². The molecule has 0 bridgehead atoms. The van der Waals surface area contributed by atoms with Crippen LogP contribution >= 0.6 is 23.2 Å². The minimum Gasteiger partial charge on any atom is -0.399 e. The lowest BCUT2D eigenvalue weighted by Gasteiger charge is -2.32. The minimum absolute atomic E-state index is 0.00819. The van der Waals surface area contributed by atoms with Crippen molar-refractivity contribution in [2.75, 3.05) is 79.2 Å². The molecule has 1 heterocycles. The zero-order chi connectivity index (χ0) is 27.3. The average molecular weight is 569 g/mol. The SMILES string of the molecule is COCCOCCOCCOC1CCN(CC(c2cccc(N)c2)N(C)C(=O)Cc2ccc(Cl)c(Cl)c2)C1. The Morgan fingerprint density at radius 1 is 1.05 bits per heavy atom. The second kappa shape index (κ2) is 16.3. The van der Waals surface area contributed by atoms with Crippen molar-refractivity contribution < 1.29 is 23.7 Å². The third kappa shape index (κ3) is 10.0. The Labute approximate surface area is 235 Å². The van der Waals surface area contributed by atoms with E-state index in [1.54, 1.807) is 24.1 Å². The largest absolute Gasteiger partial charge is 0.399 e. The second-order valence-corrected chi connectivity index (χ2v) is 10.2. The molecule has 1 aliphatic rings. The normalized spacial score (nSPS) is 16.6. The molecule has 10 heteroatoms.